The monoisotopic (exact) mass is 297 g/mol. The van der Waals surface area contributed by atoms with Gasteiger partial charge in [-0.1, -0.05) is 12.1 Å². The van der Waals surface area contributed by atoms with Crippen LogP contribution >= 0.6 is 0 Å². The maximum Gasteiger partial charge on any atom is 0.232 e. The van der Waals surface area contributed by atoms with Crippen molar-refractivity contribution in [2.75, 3.05) is 23.7 Å². The minimum atomic E-state index is -3.41. The number of rotatable bonds is 5. The second-order valence-corrected chi connectivity index (χ2v) is 6.94. The summed E-state index contributed by atoms with van der Waals surface area (Å²) in [6.45, 7) is 2.43. The van der Waals surface area contributed by atoms with Crippen molar-refractivity contribution in [1.82, 2.24) is 0 Å². The zero-order valence-corrected chi connectivity index (χ0v) is 12.5. The van der Waals surface area contributed by atoms with E-state index < -0.39 is 10.0 Å². The molecule has 1 unspecified atom stereocenters. The van der Waals surface area contributed by atoms with E-state index in [-0.39, 0.29) is 11.9 Å². The lowest BCUT2D eigenvalue weighted by Gasteiger charge is -2.25. The van der Waals surface area contributed by atoms with Gasteiger partial charge < -0.3 is 4.74 Å². The molecule has 0 amide bonds. The zero-order valence-electron chi connectivity index (χ0n) is 11.7. The number of hydrogen-bond donors (Lipinski definition) is 0. The largest absolute Gasteiger partial charge is 0.376 e. The number of nitrogens with zero attached hydrogens (tertiary/aromatic N) is 1. The van der Waals surface area contributed by atoms with Gasteiger partial charge in [0.2, 0.25) is 10.0 Å². The number of sulfonamides is 1. The van der Waals surface area contributed by atoms with Crippen molar-refractivity contribution in [2.24, 2.45) is 0 Å². The van der Waals surface area contributed by atoms with Gasteiger partial charge >= 0.3 is 0 Å². The summed E-state index contributed by atoms with van der Waals surface area (Å²) in [6, 6.07) is 6.68. The smallest absolute Gasteiger partial charge is 0.232 e. The van der Waals surface area contributed by atoms with Gasteiger partial charge in [-0.25, -0.2) is 8.42 Å². The number of Topliss-reactive ketones (excluding diaryl/α,β-unsaturated/α-hetero) is 1. The molecule has 1 heterocycles. The number of benzene rings is 1. The molecule has 6 heteroatoms. The first-order chi connectivity index (χ1) is 9.38. The van der Waals surface area contributed by atoms with E-state index in [9.17, 15) is 13.2 Å². The number of carbonyl (C=O) groups excluding carboxylic acids is 1. The number of ether oxygens (including phenoxy) is 1. The molecule has 0 saturated carbocycles. The normalized spacial score (nSPS) is 19.0. The molecule has 1 aromatic rings. The molecular weight excluding hydrogens is 278 g/mol. The Balaban J connectivity index is 2.31. The van der Waals surface area contributed by atoms with Crippen molar-refractivity contribution in [3.8, 4) is 0 Å². The third kappa shape index (κ3) is 3.58. The fourth-order valence-electron chi connectivity index (χ4n) is 2.29. The van der Waals surface area contributed by atoms with Crippen LogP contribution in [-0.2, 0) is 14.8 Å². The summed E-state index contributed by atoms with van der Waals surface area (Å²) in [5.74, 6) is -0.0857. The minimum absolute atomic E-state index is 0.0780. The summed E-state index contributed by atoms with van der Waals surface area (Å²) >= 11 is 0. The third-order valence-corrected chi connectivity index (χ3v) is 4.49. The fraction of sp³-hybridized carbons (Fsp3) is 0.500. The van der Waals surface area contributed by atoms with Gasteiger partial charge in [-0.2, -0.15) is 0 Å². The highest BCUT2D eigenvalue weighted by atomic mass is 32.2. The van der Waals surface area contributed by atoms with Crippen LogP contribution in [-0.4, -0.2) is 39.7 Å². The summed E-state index contributed by atoms with van der Waals surface area (Å²) in [5.41, 5.74) is 1.01. The van der Waals surface area contributed by atoms with E-state index in [1.54, 1.807) is 24.3 Å². The summed E-state index contributed by atoms with van der Waals surface area (Å²) in [7, 11) is -3.41. The van der Waals surface area contributed by atoms with Crippen molar-refractivity contribution >= 4 is 21.5 Å². The lowest BCUT2D eigenvalue weighted by Crippen LogP contribution is -2.36. The number of hydrogen-bond acceptors (Lipinski definition) is 4. The van der Waals surface area contributed by atoms with Crippen molar-refractivity contribution < 1.29 is 17.9 Å². The summed E-state index contributed by atoms with van der Waals surface area (Å²) < 4.78 is 30.8. The molecule has 1 aromatic carbocycles. The minimum Gasteiger partial charge on any atom is -0.376 e. The summed E-state index contributed by atoms with van der Waals surface area (Å²) in [6.07, 6.45) is 2.90. The molecule has 0 aromatic heterocycles. The average molecular weight is 297 g/mol. The molecule has 110 valence electrons. The van der Waals surface area contributed by atoms with Crippen LogP contribution in [0.4, 0.5) is 5.69 Å². The highest BCUT2D eigenvalue weighted by molar-refractivity contribution is 7.92. The highest BCUT2D eigenvalue weighted by Gasteiger charge is 2.25. The van der Waals surface area contributed by atoms with Gasteiger partial charge in [0.15, 0.2) is 5.78 Å². The zero-order chi connectivity index (χ0) is 14.8. The third-order valence-electron chi connectivity index (χ3n) is 3.33. The van der Waals surface area contributed by atoms with Gasteiger partial charge in [-0.15, -0.1) is 0 Å². The SMILES string of the molecule is CC(=O)c1cccc(N(CC2CCCO2)S(C)(=O)=O)c1. The van der Waals surface area contributed by atoms with Gasteiger partial charge in [0.25, 0.3) is 0 Å². The molecule has 1 aliphatic heterocycles. The van der Waals surface area contributed by atoms with E-state index in [1.165, 1.54) is 17.5 Å². The van der Waals surface area contributed by atoms with E-state index in [0.717, 1.165) is 12.8 Å². The molecule has 0 spiro atoms. The summed E-state index contributed by atoms with van der Waals surface area (Å²) in [4.78, 5) is 11.4. The van der Waals surface area contributed by atoms with Gasteiger partial charge in [0, 0.05) is 12.2 Å². The molecule has 20 heavy (non-hydrogen) atoms. The van der Waals surface area contributed by atoms with Gasteiger partial charge in [-0.05, 0) is 31.9 Å². The maximum absolute atomic E-state index is 12.0. The van der Waals surface area contributed by atoms with Gasteiger partial charge in [0.1, 0.15) is 0 Å². The molecule has 1 fully saturated rings. The Morgan fingerprint density at radius 2 is 2.20 bits per heavy atom. The fourth-order valence-corrected chi connectivity index (χ4v) is 3.22. The van der Waals surface area contributed by atoms with E-state index in [4.69, 9.17) is 4.74 Å². The molecule has 1 aliphatic rings. The summed E-state index contributed by atoms with van der Waals surface area (Å²) in [5, 5.41) is 0. The Labute approximate surface area is 119 Å². The molecule has 2 rings (SSSR count). The van der Waals surface area contributed by atoms with Gasteiger partial charge in [0.05, 0.1) is 24.6 Å². The lowest BCUT2D eigenvalue weighted by molar-refractivity contribution is 0.101. The van der Waals surface area contributed by atoms with Crippen molar-refractivity contribution in [3.05, 3.63) is 29.8 Å². The Kier molecular flexibility index (Phi) is 4.45. The van der Waals surface area contributed by atoms with Crippen LogP contribution < -0.4 is 4.31 Å². The number of anilines is 1. The van der Waals surface area contributed by atoms with Gasteiger partial charge in [-0.3, -0.25) is 9.10 Å². The van der Waals surface area contributed by atoms with Crippen LogP contribution in [0.1, 0.15) is 30.1 Å². The molecule has 0 bridgehead atoms. The van der Waals surface area contributed by atoms with Crippen LogP contribution in [0.25, 0.3) is 0 Å². The molecular formula is C14H19NO4S. The maximum atomic E-state index is 12.0. The molecule has 0 aliphatic carbocycles. The van der Waals surface area contributed by atoms with Crippen LogP contribution in [0.2, 0.25) is 0 Å². The first-order valence-electron chi connectivity index (χ1n) is 6.58. The van der Waals surface area contributed by atoms with Crippen molar-refractivity contribution in [2.45, 2.75) is 25.9 Å². The van der Waals surface area contributed by atoms with Crippen molar-refractivity contribution in [1.29, 1.82) is 0 Å². The van der Waals surface area contributed by atoms with Crippen LogP contribution in [0.5, 0.6) is 0 Å². The van der Waals surface area contributed by atoms with E-state index in [0.29, 0.717) is 24.4 Å². The molecule has 1 saturated heterocycles. The molecule has 5 nitrogen and oxygen atoms in total. The highest BCUT2D eigenvalue weighted by Crippen LogP contribution is 2.23. The Morgan fingerprint density at radius 3 is 2.75 bits per heavy atom. The van der Waals surface area contributed by atoms with E-state index >= 15 is 0 Å². The number of carbonyl (C=O) groups is 1. The quantitative estimate of drug-likeness (QED) is 0.778. The molecule has 1 atom stereocenters. The van der Waals surface area contributed by atoms with E-state index in [2.05, 4.69) is 0 Å². The Bertz CT molecular complexity index is 591. The topological polar surface area (TPSA) is 63.7 Å². The Hall–Kier alpha value is -1.40. The lowest BCUT2D eigenvalue weighted by atomic mass is 10.1. The first kappa shape index (κ1) is 15.0. The molecule has 0 radical (unpaired) electrons. The standard InChI is InChI=1S/C14H19NO4S/c1-11(16)12-5-3-6-13(9-12)15(20(2,17)18)10-14-7-4-8-19-14/h3,5-6,9,14H,4,7-8,10H2,1-2H3. The van der Waals surface area contributed by atoms with Crippen LogP contribution in [0, 0.1) is 0 Å². The molecule has 0 N–H and O–H groups in total. The Morgan fingerprint density at radius 1 is 1.45 bits per heavy atom. The predicted octanol–water partition coefficient (Wildman–Crippen LogP) is 1.83. The van der Waals surface area contributed by atoms with Crippen molar-refractivity contribution in [3.63, 3.8) is 0 Å². The second-order valence-electron chi connectivity index (χ2n) is 5.04. The van der Waals surface area contributed by atoms with Crippen LogP contribution in [0.15, 0.2) is 24.3 Å². The van der Waals surface area contributed by atoms with Crippen LogP contribution in [0.3, 0.4) is 0 Å². The first-order valence-corrected chi connectivity index (χ1v) is 8.43. The predicted molar refractivity (Wildman–Crippen MR) is 77.6 cm³/mol. The average Bonchev–Trinajstić information content (AvgIpc) is 2.87. The second kappa shape index (κ2) is 5.93. The number of ketones is 1. The van der Waals surface area contributed by atoms with E-state index in [1.807, 2.05) is 0 Å².